The Labute approximate surface area is 88.1 Å². The molecule has 1 saturated carbocycles. The van der Waals surface area contributed by atoms with Crippen molar-refractivity contribution in [3.05, 3.63) is 29.6 Å². The molecule has 1 aromatic heterocycles. The van der Waals surface area contributed by atoms with Gasteiger partial charge in [-0.05, 0) is 37.3 Å². The number of aryl methyl sites for hydroxylation is 1. The van der Waals surface area contributed by atoms with E-state index >= 15 is 0 Å². The quantitative estimate of drug-likeness (QED) is 0.692. The van der Waals surface area contributed by atoms with Gasteiger partial charge in [-0.2, -0.15) is 0 Å². The van der Waals surface area contributed by atoms with E-state index in [-0.39, 0.29) is 0 Å². The molecule has 0 amide bonds. The van der Waals surface area contributed by atoms with Crippen molar-refractivity contribution in [3.63, 3.8) is 0 Å². The Morgan fingerprint density at radius 1 is 1.54 bits per heavy atom. The molecule has 0 N–H and O–H groups in total. The van der Waals surface area contributed by atoms with Crippen molar-refractivity contribution in [2.45, 2.75) is 24.1 Å². The van der Waals surface area contributed by atoms with E-state index in [4.69, 9.17) is 23.2 Å². The Hall–Kier alpha value is -0.270. The fourth-order valence-electron chi connectivity index (χ4n) is 1.39. The van der Waals surface area contributed by atoms with E-state index in [1.807, 2.05) is 19.2 Å². The molecule has 1 fully saturated rings. The number of alkyl halides is 2. The predicted octanol–water partition coefficient (Wildman–Crippen LogP) is 3.13. The van der Waals surface area contributed by atoms with Gasteiger partial charge in [0.05, 0.1) is 0 Å². The summed E-state index contributed by atoms with van der Waals surface area (Å²) in [6.45, 7) is 1.98. The molecule has 0 bridgehead atoms. The van der Waals surface area contributed by atoms with Crippen molar-refractivity contribution in [2.24, 2.45) is 5.92 Å². The van der Waals surface area contributed by atoms with E-state index in [9.17, 15) is 0 Å². The molecule has 1 aliphatic carbocycles. The molecule has 13 heavy (non-hydrogen) atoms. The number of hydrogen-bond donors (Lipinski definition) is 0. The van der Waals surface area contributed by atoms with E-state index in [1.165, 1.54) is 5.56 Å². The SMILES string of the molecule is Cc1ccc(CC2CC2(Cl)Cl)cn1. The molecule has 70 valence electrons. The van der Waals surface area contributed by atoms with Gasteiger partial charge in [0, 0.05) is 11.9 Å². The maximum atomic E-state index is 5.93. The third-order valence-corrected chi connectivity index (χ3v) is 3.34. The summed E-state index contributed by atoms with van der Waals surface area (Å²) in [5, 5.41) is 0. The van der Waals surface area contributed by atoms with E-state index in [0.717, 1.165) is 18.5 Å². The van der Waals surface area contributed by atoms with Crippen molar-refractivity contribution in [1.82, 2.24) is 4.98 Å². The average molecular weight is 216 g/mol. The minimum Gasteiger partial charge on any atom is -0.261 e. The third-order valence-electron chi connectivity index (χ3n) is 2.41. The largest absolute Gasteiger partial charge is 0.261 e. The van der Waals surface area contributed by atoms with Gasteiger partial charge in [0.1, 0.15) is 4.33 Å². The van der Waals surface area contributed by atoms with Crippen LogP contribution in [0.3, 0.4) is 0 Å². The van der Waals surface area contributed by atoms with Crippen LogP contribution >= 0.6 is 23.2 Å². The van der Waals surface area contributed by atoms with Crippen LogP contribution in [0.15, 0.2) is 18.3 Å². The summed E-state index contributed by atoms with van der Waals surface area (Å²) in [4.78, 5) is 4.22. The van der Waals surface area contributed by atoms with Gasteiger partial charge in [0.2, 0.25) is 0 Å². The van der Waals surface area contributed by atoms with Crippen molar-refractivity contribution < 1.29 is 0 Å². The second-order valence-electron chi connectivity index (χ2n) is 3.67. The van der Waals surface area contributed by atoms with E-state index in [1.54, 1.807) is 0 Å². The number of rotatable bonds is 2. The van der Waals surface area contributed by atoms with Crippen LogP contribution in [0.4, 0.5) is 0 Å². The van der Waals surface area contributed by atoms with Gasteiger partial charge in [0.15, 0.2) is 0 Å². The number of aromatic nitrogens is 1. The number of pyridine rings is 1. The molecule has 0 aliphatic heterocycles. The molecule has 3 heteroatoms. The molecule has 1 nitrogen and oxygen atoms in total. The van der Waals surface area contributed by atoms with E-state index in [2.05, 4.69) is 11.1 Å². The molecule has 1 aromatic rings. The summed E-state index contributed by atoms with van der Waals surface area (Å²) >= 11 is 11.9. The monoisotopic (exact) mass is 215 g/mol. The molecule has 0 saturated heterocycles. The fraction of sp³-hybridized carbons (Fsp3) is 0.500. The van der Waals surface area contributed by atoms with Crippen LogP contribution < -0.4 is 0 Å². The molecule has 0 radical (unpaired) electrons. The van der Waals surface area contributed by atoms with Gasteiger partial charge in [-0.1, -0.05) is 6.07 Å². The summed E-state index contributed by atoms with van der Waals surface area (Å²) in [6.07, 6.45) is 3.75. The zero-order chi connectivity index (χ0) is 9.47. The first-order valence-corrected chi connectivity index (χ1v) is 5.13. The Balaban J connectivity index is 2.00. The first-order valence-electron chi connectivity index (χ1n) is 4.37. The summed E-state index contributed by atoms with van der Waals surface area (Å²) in [5.41, 5.74) is 2.27. The first kappa shape index (κ1) is 9.29. The summed E-state index contributed by atoms with van der Waals surface area (Å²) < 4.78 is -0.467. The van der Waals surface area contributed by atoms with Gasteiger partial charge in [-0.15, -0.1) is 23.2 Å². The van der Waals surface area contributed by atoms with Gasteiger partial charge < -0.3 is 0 Å². The molecular formula is C10H11Cl2N. The summed E-state index contributed by atoms with van der Waals surface area (Å²) in [5.74, 6) is 0.417. The Morgan fingerprint density at radius 2 is 2.23 bits per heavy atom. The number of nitrogens with zero attached hydrogens (tertiary/aromatic N) is 1. The Bertz CT molecular complexity index is 305. The topological polar surface area (TPSA) is 12.9 Å². The van der Waals surface area contributed by atoms with E-state index < -0.39 is 4.33 Å². The Kier molecular flexibility index (Phi) is 2.25. The fourth-order valence-corrected chi connectivity index (χ4v) is 1.92. The van der Waals surface area contributed by atoms with Crippen LogP contribution in [0.2, 0.25) is 0 Å². The lowest BCUT2D eigenvalue weighted by Gasteiger charge is -2.00. The maximum Gasteiger partial charge on any atom is 0.121 e. The van der Waals surface area contributed by atoms with Gasteiger partial charge in [-0.25, -0.2) is 0 Å². The van der Waals surface area contributed by atoms with Crippen LogP contribution in [0.25, 0.3) is 0 Å². The Morgan fingerprint density at radius 3 is 2.69 bits per heavy atom. The maximum absolute atomic E-state index is 5.93. The minimum atomic E-state index is -0.467. The second-order valence-corrected chi connectivity index (χ2v) is 5.22. The van der Waals surface area contributed by atoms with Gasteiger partial charge in [-0.3, -0.25) is 4.98 Å². The number of hydrogen-bond acceptors (Lipinski definition) is 1. The first-order chi connectivity index (χ1) is 6.08. The minimum absolute atomic E-state index is 0.417. The molecule has 1 aliphatic rings. The zero-order valence-corrected chi connectivity index (χ0v) is 8.94. The summed E-state index contributed by atoms with van der Waals surface area (Å²) in [6, 6.07) is 4.10. The van der Waals surface area contributed by atoms with E-state index in [0.29, 0.717) is 5.92 Å². The molecular weight excluding hydrogens is 205 g/mol. The standard InChI is InChI=1S/C10H11Cl2N/c1-7-2-3-8(6-13-7)4-9-5-10(9,11)12/h2-3,6,9H,4-5H2,1H3. The summed E-state index contributed by atoms with van der Waals surface area (Å²) in [7, 11) is 0. The highest BCUT2D eigenvalue weighted by molar-refractivity contribution is 6.50. The van der Waals surface area contributed by atoms with Crippen LogP contribution in [0, 0.1) is 12.8 Å². The zero-order valence-electron chi connectivity index (χ0n) is 7.43. The van der Waals surface area contributed by atoms with Crippen LogP contribution in [0.1, 0.15) is 17.7 Å². The number of halogens is 2. The smallest absolute Gasteiger partial charge is 0.121 e. The molecule has 0 aromatic carbocycles. The van der Waals surface area contributed by atoms with Crippen molar-refractivity contribution in [2.75, 3.05) is 0 Å². The third kappa shape index (κ3) is 2.15. The normalized spacial score (nSPS) is 24.4. The highest BCUT2D eigenvalue weighted by atomic mass is 35.5. The molecule has 0 spiro atoms. The van der Waals surface area contributed by atoms with Crippen LogP contribution in [-0.2, 0) is 6.42 Å². The van der Waals surface area contributed by atoms with Crippen molar-refractivity contribution >= 4 is 23.2 Å². The molecule has 1 unspecified atom stereocenters. The molecule has 1 heterocycles. The molecule has 1 atom stereocenters. The van der Waals surface area contributed by atoms with Crippen LogP contribution in [0.5, 0.6) is 0 Å². The van der Waals surface area contributed by atoms with Crippen molar-refractivity contribution in [3.8, 4) is 0 Å². The van der Waals surface area contributed by atoms with Crippen molar-refractivity contribution in [1.29, 1.82) is 0 Å². The lowest BCUT2D eigenvalue weighted by Crippen LogP contribution is -1.95. The lowest BCUT2D eigenvalue weighted by molar-refractivity contribution is 0.814. The lowest BCUT2D eigenvalue weighted by atomic mass is 10.1. The highest BCUT2D eigenvalue weighted by Crippen LogP contribution is 2.54. The highest BCUT2D eigenvalue weighted by Gasteiger charge is 2.51. The predicted molar refractivity (Wildman–Crippen MR) is 55.2 cm³/mol. The average Bonchev–Trinajstić information content (AvgIpc) is 2.64. The second kappa shape index (κ2) is 3.14. The van der Waals surface area contributed by atoms with Crippen LogP contribution in [-0.4, -0.2) is 9.32 Å². The van der Waals surface area contributed by atoms with Gasteiger partial charge >= 0.3 is 0 Å². The molecule has 2 rings (SSSR count). The van der Waals surface area contributed by atoms with Gasteiger partial charge in [0.25, 0.3) is 0 Å².